The molecule has 2 aromatic carbocycles. The van der Waals surface area contributed by atoms with Gasteiger partial charge in [-0.1, -0.05) is 12.1 Å². The summed E-state index contributed by atoms with van der Waals surface area (Å²) >= 11 is 0. The zero-order valence-electron chi connectivity index (χ0n) is 16.1. The van der Waals surface area contributed by atoms with E-state index in [2.05, 4.69) is 5.32 Å². The van der Waals surface area contributed by atoms with Gasteiger partial charge in [-0.15, -0.1) is 0 Å². The van der Waals surface area contributed by atoms with Crippen molar-refractivity contribution in [2.75, 3.05) is 18.5 Å². The second kappa shape index (κ2) is 9.62. The highest BCUT2D eigenvalue weighted by Gasteiger charge is 2.20. The number of carbonyl (C=O) groups excluding carboxylic acids is 2. The Hall–Kier alpha value is -3.02. The Morgan fingerprint density at radius 2 is 1.70 bits per heavy atom. The zero-order valence-corrected chi connectivity index (χ0v) is 16.1. The molecule has 6 nitrogen and oxygen atoms in total. The molecule has 0 saturated heterocycles. The first-order valence-corrected chi connectivity index (χ1v) is 8.92. The molecule has 1 atom stereocenters. The van der Waals surface area contributed by atoms with Crippen LogP contribution in [0.15, 0.2) is 42.5 Å². The number of esters is 1. The summed E-state index contributed by atoms with van der Waals surface area (Å²) in [4.78, 5) is 24.7. The van der Waals surface area contributed by atoms with Gasteiger partial charge in [-0.2, -0.15) is 0 Å². The number of amides is 1. The Morgan fingerprint density at radius 3 is 2.37 bits per heavy atom. The van der Waals surface area contributed by atoms with Crippen LogP contribution in [0.5, 0.6) is 11.5 Å². The lowest BCUT2D eigenvalue weighted by molar-refractivity contribution is -0.123. The van der Waals surface area contributed by atoms with Crippen molar-refractivity contribution in [3.8, 4) is 11.5 Å². The topological polar surface area (TPSA) is 73.9 Å². The highest BCUT2D eigenvalue weighted by molar-refractivity contribution is 5.97. The van der Waals surface area contributed by atoms with Crippen molar-refractivity contribution in [2.45, 2.75) is 33.8 Å². The number of carbonyl (C=O) groups is 2. The molecule has 2 rings (SSSR count). The fraction of sp³-hybridized carbons (Fsp3) is 0.333. The summed E-state index contributed by atoms with van der Waals surface area (Å²) in [7, 11) is 0. The average Bonchev–Trinajstić information content (AvgIpc) is 2.63. The van der Waals surface area contributed by atoms with E-state index in [-0.39, 0.29) is 5.56 Å². The predicted molar refractivity (Wildman–Crippen MR) is 103 cm³/mol. The van der Waals surface area contributed by atoms with Crippen LogP contribution in [0, 0.1) is 6.92 Å². The Bertz CT molecular complexity index is 803. The van der Waals surface area contributed by atoms with Crippen molar-refractivity contribution < 1.29 is 23.8 Å². The van der Waals surface area contributed by atoms with Crippen molar-refractivity contribution in [2.24, 2.45) is 0 Å². The van der Waals surface area contributed by atoms with Crippen molar-refractivity contribution in [1.29, 1.82) is 0 Å². The minimum atomic E-state index is -0.944. The lowest BCUT2D eigenvalue weighted by atomic mass is 10.2. The smallest absolute Gasteiger partial charge is 0.339 e. The second-order valence-electron chi connectivity index (χ2n) is 5.93. The normalized spacial score (nSPS) is 11.4. The van der Waals surface area contributed by atoms with E-state index in [0.29, 0.717) is 30.4 Å². The van der Waals surface area contributed by atoms with Crippen molar-refractivity contribution in [1.82, 2.24) is 0 Å². The van der Waals surface area contributed by atoms with Gasteiger partial charge in [0, 0.05) is 5.69 Å². The molecule has 0 bridgehead atoms. The fourth-order valence-corrected chi connectivity index (χ4v) is 2.43. The zero-order chi connectivity index (χ0) is 19.8. The molecule has 0 aliphatic rings. The number of ether oxygens (including phenoxy) is 3. The predicted octanol–water partition coefficient (Wildman–Crippen LogP) is 3.98. The van der Waals surface area contributed by atoms with E-state index in [4.69, 9.17) is 14.2 Å². The molecular formula is C21H25NO5. The van der Waals surface area contributed by atoms with E-state index >= 15 is 0 Å². The van der Waals surface area contributed by atoms with E-state index in [9.17, 15) is 9.59 Å². The largest absolute Gasteiger partial charge is 0.490 e. The Labute approximate surface area is 159 Å². The van der Waals surface area contributed by atoms with Gasteiger partial charge < -0.3 is 19.5 Å². The molecule has 0 saturated carbocycles. The number of hydrogen-bond acceptors (Lipinski definition) is 5. The van der Waals surface area contributed by atoms with Crippen LogP contribution in [-0.2, 0) is 9.53 Å². The first-order valence-electron chi connectivity index (χ1n) is 8.92. The quantitative estimate of drug-likeness (QED) is 0.711. The standard InChI is InChI=1S/C21H25NO5/c1-5-25-18-11-10-16(13-19(18)26-6-2)21(24)27-15(4)20(23)22-17-9-7-8-14(3)12-17/h7-13,15H,5-6H2,1-4H3,(H,22,23)/t15-/m0/s1. The lowest BCUT2D eigenvalue weighted by Gasteiger charge is -2.15. The molecule has 144 valence electrons. The summed E-state index contributed by atoms with van der Waals surface area (Å²) in [5.41, 5.74) is 1.97. The molecule has 27 heavy (non-hydrogen) atoms. The van der Waals surface area contributed by atoms with Crippen LogP contribution < -0.4 is 14.8 Å². The minimum absolute atomic E-state index is 0.289. The Kier molecular flexibility index (Phi) is 7.23. The van der Waals surface area contributed by atoms with Crippen LogP contribution in [0.2, 0.25) is 0 Å². The van der Waals surface area contributed by atoms with Crippen LogP contribution in [0.1, 0.15) is 36.7 Å². The molecule has 0 aliphatic carbocycles. The van der Waals surface area contributed by atoms with Gasteiger partial charge in [0.2, 0.25) is 0 Å². The maximum atomic E-state index is 12.4. The molecular weight excluding hydrogens is 346 g/mol. The molecule has 0 heterocycles. The summed E-state index contributed by atoms with van der Waals surface area (Å²) in [6.45, 7) is 8.10. The molecule has 0 aliphatic heterocycles. The SMILES string of the molecule is CCOc1ccc(C(=O)O[C@@H](C)C(=O)Nc2cccc(C)c2)cc1OCC. The Morgan fingerprint density at radius 1 is 1.00 bits per heavy atom. The van der Waals surface area contributed by atoms with Crippen molar-refractivity contribution in [3.05, 3.63) is 53.6 Å². The van der Waals surface area contributed by atoms with Gasteiger partial charge in [0.15, 0.2) is 17.6 Å². The third kappa shape index (κ3) is 5.74. The van der Waals surface area contributed by atoms with Gasteiger partial charge in [0.05, 0.1) is 18.8 Å². The number of rotatable bonds is 8. The van der Waals surface area contributed by atoms with Gasteiger partial charge >= 0.3 is 5.97 Å². The summed E-state index contributed by atoms with van der Waals surface area (Å²) in [6.07, 6.45) is -0.944. The van der Waals surface area contributed by atoms with Gasteiger partial charge in [0.1, 0.15) is 0 Å². The lowest BCUT2D eigenvalue weighted by Crippen LogP contribution is -2.30. The van der Waals surface area contributed by atoms with E-state index in [1.807, 2.05) is 39.0 Å². The van der Waals surface area contributed by atoms with E-state index in [1.54, 1.807) is 24.3 Å². The second-order valence-corrected chi connectivity index (χ2v) is 5.93. The first kappa shape index (κ1) is 20.3. The van der Waals surface area contributed by atoms with Crippen LogP contribution in [0.25, 0.3) is 0 Å². The third-order valence-corrected chi connectivity index (χ3v) is 3.72. The maximum absolute atomic E-state index is 12.4. The summed E-state index contributed by atoms with van der Waals surface area (Å²) in [5.74, 6) is 0.0163. The first-order chi connectivity index (χ1) is 12.9. The molecule has 0 radical (unpaired) electrons. The molecule has 1 N–H and O–H groups in total. The maximum Gasteiger partial charge on any atom is 0.339 e. The average molecular weight is 371 g/mol. The molecule has 0 fully saturated rings. The molecule has 0 spiro atoms. The van der Waals surface area contributed by atoms with Crippen molar-refractivity contribution >= 4 is 17.6 Å². The minimum Gasteiger partial charge on any atom is -0.490 e. The van der Waals surface area contributed by atoms with Crippen LogP contribution in [-0.4, -0.2) is 31.2 Å². The molecule has 0 aromatic heterocycles. The molecule has 1 amide bonds. The monoisotopic (exact) mass is 371 g/mol. The number of hydrogen-bond donors (Lipinski definition) is 1. The van der Waals surface area contributed by atoms with Crippen LogP contribution in [0.4, 0.5) is 5.69 Å². The molecule has 0 unspecified atom stereocenters. The summed E-state index contributed by atoms with van der Waals surface area (Å²) < 4.78 is 16.3. The van der Waals surface area contributed by atoms with Gasteiger partial charge in [-0.25, -0.2) is 4.79 Å². The van der Waals surface area contributed by atoms with E-state index < -0.39 is 18.0 Å². The summed E-state index contributed by atoms with van der Waals surface area (Å²) in [6, 6.07) is 12.2. The van der Waals surface area contributed by atoms with Crippen LogP contribution in [0.3, 0.4) is 0 Å². The van der Waals surface area contributed by atoms with Gasteiger partial charge in [-0.05, 0) is 63.6 Å². The fourth-order valence-electron chi connectivity index (χ4n) is 2.43. The Balaban J connectivity index is 2.04. The molecule has 6 heteroatoms. The highest BCUT2D eigenvalue weighted by atomic mass is 16.5. The van der Waals surface area contributed by atoms with E-state index in [0.717, 1.165) is 5.56 Å². The van der Waals surface area contributed by atoms with Gasteiger partial charge in [0.25, 0.3) is 5.91 Å². The summed E-state index contributed by atoms with van der Waals surface area (Å²) in [5, 5.41) is 2.74. The third-order valence-electron chi connectivity index (χ3n) is 3.72. The number of anilines is 1. The van der Waals surface area contributed by atoms with E-state index in [1.165, 1.54) is 6.92 Å². The number of aryl methyl sites for hydroxylation is 1. The number of benzene rings is 2. The van der Waals surface area contributed by atoms with Crippen molar-refractivity contribution in [3.63, 3.8) is 0 Å². The molecule has 2 aromatic rings. The van der Waals surface area contributed by atoms with Crippen LogP contribution >= 0.6 is 0 Å². The number of nitrogens with one attached hydrogen (secondary N) is 1. The highest BCUT2D eigenvalue weighted by Crippen LogP contribution is 2.29. The van der Waals surface area contributed by atoms with Gasteiger partial charge in [-0.3, -0.25) is 4.79 Å².